The van der Waals surface area contributed by atoms with E-state index < -0.39 is 5.37 Å². The van der Waals surface area contributed by atoms with Crippen molar-refractivity contribution in [3.05, 3.63) is 12.3 Å². The molecule has 0 unspecified atom stereocenters. The van der Waals surface area contributed by atoms with E-state index in [1.165, 1.54) is 11.2 Å². The van der Waals surface area contributed by atoms with Crippen LogP contribution < -0.4 is 0 Å². The number of nitrogens with zero attached hydrogens (tertiary/aromatic N) is 2. The van der Waals surface area contributed by atoms with Crippen LogP contribution in [-0.2, 0) is 0 Å². The van der Waals surface area contributed by atoms with Crippen LogP contribution in [0.5, 0.6) is 0 Å². The Bertz CT molecular complexity index is 176. The Kier molecular flexibility index (Phi) is 1.85. The number of rotatable bonds is 0. The fourth-order valence-corrected chi connectivity index (χ4v) is 0.617. The highest BCUT2D eigenvalue weighted by Gasteiger charge is 2.05. The number of amides is 1. The van der Waals surface area contributed by atoms with Crippen LogP contribution in [0.4, 0.5) is 4.79 Å². The van der Waals surface area contributed by atoms with Crippen LogP contribution in [-0.4, -0.2) is 23.1 Å². The molecule has 0 atom stereocenters. The second-order valence-corrected chi connectivity index (χ2v) is 1.88. The summed E-state index contributed by atoms with van der Waals surface area (Å²) in [5, 5.41) is -0.497. The molecule has 0 radical (unpaired) electrons. The normalized spacial score (nSPS) is 16.3. The Balaban J connectivity index is 2.56. The van der Waals surface area contributed by atoms with Crippen LogP contribution in [0, 0.1) is 0 Å². The zero-order chi connectivity index (χ0) is 6.69. The van der Waals surface area contributed by atoms with Crippen molar-refractivity contribution >= 4 is 23.3 Å². The topological polar surface area (TPSA) is 32.7 Å². The summed E-state index contributed by atoms with van der Waals surface area (Å²) in [6, 6.07) is 0. The molecule has 1 heterocycles. The first-order valence-corrected chi connectivity index (χ1v) is 2.83. The van der Waals surface area contributed by atoms with Gasteiger partial charge in [-0.25, -0.2) is 4.99 Å². The standard InChI is InChI=1S/C5H5ClN2O/c6-5(9)8-3-1-2-7-4-8/h1-2,4H,3H2. The van der Waals surface area contributed by atoms with E-state index in [0.717, 1.165) is 0 Å². The van der Waals surface area contributed by atoms with Gasteiger partial charge in [0.05, 0.1) is 6.34 Å². The zero-order valence-electron chi connectivity index (χ0n) is 4.62. The van der Waals surface area contributed by atoms with Gasteiger partial charge in [0.25, 0.3) is 0 Å². The minimum atomic E-state index is -0.497. The first-order valence-electron chi connectivity index (χ1n) is 2.45. The maximum atomic E-state index is 10.4. The van der Waals surface area contributed by atoms with Gasteiger partial charge < -0.3 is 0 Å². The average Bonchev–Trinajstić information content (AvgIpc) is 1.90. The number of carbonyl (C=O) groups is 1. The number of carbonyl (C=O) groups excluding carboxylic acids is 1. The lowest BCUT2D eigenvalue weighted by atomic mass is 10.5. The molecule has 0 aromatic rings. The van der Waals surface area contributed by atoms with Gasteiger partial charge in [0.1, 0.15) is 0 Å². The van der Waals surface area contributed by atoms with Gasteiger partial charge in [-0.15, -0.1) is 0 Å². The molecule has 0 aromatic carbocycles. The van der Waals surface area contributed by atoms with Crippen molar-refractivity contribution in [2.75, 3.05) is 6.54 Å². The summed E-state index contributed by atoms with van der Waals surface area (Å²) >= 11 is 5.12. The molecular formula is C5H5ClN2O. The van der Waals surface area contributed by atoms with E-state index in [-0.39, 0.29) is 0 Å². The number of aliphatic imine (C=N–C) groups is 1. The van der Waals surface area contributed by atoms with Gasteiger partial charge in [-0.3, -0.25) is 9.69 Å². The summed E-state index contributed by atoms with van der Waals surface area (Å²) in [5.74, 6) is 0. The molecule has 48 valence electrons. The van der Waals surface area contributed by atoms with Gasteiger partial charge in [0.2, 0.25) is 0 Å². The van der Waals surface area contributed by atoms with E-state index in [4.69, 9.17) is 11.6 Å². The lowest BCUT2D eigenvalue weighted by molar-refractivity contribution is 0.246. The molecule has 0 aliphatic carbocycles. The smallest absolute Gasteiger partial charge is 0.285 e. The molecule has 3 nitrogen and oxygen atoms in total. The molecule has 0 fully saturated rings. The number of hydrogen-bond donors (Lipinski definition) is 0. The Hall–Kier alpha value is -0.830. The van der Waals surface area contributed by atoms with Crippen LogP contribution in [0.3, 0.4) is 0 Å². The van der Waals surface area contributed by atoms with Crippen molar-refractivity contribution in [2.24, 2.45) is 4.99 Å². The van der Waals surface area contributed by atoms with Crippen molar-refractivity contribution in [3.8, 4) is 0 Å². The van der Waals surface area contributed by atoms with E-state index >= 15 is 0 Å². The van der Waals surface area contributed by atoms with Gasteiger partial charge in [-0.05, 0) is 17.7 Å². The van der Waals surface area contributed by atoms with Gasteiger partial charge in [0.15, 0.2) is 0 Å². The van der Waals surface area contributed by atoms with Gasteiger partial charge in [-0.1, -0.05) is 0 Å². The Labute approximate surface area is 57.6 Å². The van der Waals surface area contributed by atoms with Gasteiger partial charge in [0, 0.05) is 12.7 Å². The van der Waals surface area contributed by atoms with E-state index in [2.05, 4.69) is 4.99 Å². The number of halogens is 1. The van der Waals surface area contributed by atoms with Crippen LogP contribution in [0.2, 0.25) is 0 Å². The third-order valence-corrected chi connectivity index (χ3v) is 1.14. The summed E-state index contributed by atoms with van der Waals surface area (Å²) in [4.78, 5) is 15.4. The Morgan fingerprint density at radius 1 is 1.78 bits per heavy atom. The average molecular weight is 145 g/mol. The summed E-state index contributed by atoms with van der Waals surface area (Å²) in [6.07, 6.45) is 4.77. The first kappa shape index (κ1) is 6.29. The lowest BCUT2D eigenvalue weighted by Gasteiger charge is -2.11. The van der Waals surface area contributed by atoms with Crippen LogP contribution >= 0.6 is 11.6 Å². The zero-order valence-corrected chi connectivity index (χ0v) is 5.38. The predicted octanol–water partition coefficient (Wildman–Crippen LogP) is 1.20. The predicted molar refractivity (Wildman–Crippen MR) is 35.6 cm³/mol. The minimum Gasteiger partial charge on any atom is -0.285 e. The van der Waals surface area contributed by atoms with E-state index in [1.54, 1.807) is 12.3 Å². The van der Waals surface area contributed by atoms with Gasteiger partial charge >= 0.3 is 5.37 Å². The van der Waals surface area contributed by atoms with Crippen LogP contribution in [0.25, 0.3) is 0 Å². The highest BCUT2D eigenvalue weighted by atomic mass is 35.5. The molecule has 0 bridgehead atoms. The molecular weight excluding hydrogens is 140 g/mol. The summed E-state index contributed by atoms with van der Waals surface area (Å²) < 4.78 is 0. The second-order valence-electron chi connectivity index (χ2n) is 1.55. The molecule has 1 aliphatic rings. The van der Waals surface area contributed by atoms with Crippen molar-refractivity contribution in [2.45, 2.75) is 0 Å². The molecule has 4 heteroatoms. The number of hydrogen-bond acceptors (Lipinski definition) is 2. The lowest BCUT2D eigenvalue weighted by Crippen LogP contribution is -2.25. The molecule has 1 rings (SSSR count). The summed E-state index contributed by atoms with van der Waals surface area (Å²) in [5.41, 5.74) is 0. The molecule has 1 aliphatic heterocycles. The quantitative estimate of drug-likeness (QED) is 0.372. The fraction of sp³-hybridized carbons (Fsp3) is 0.200. The van der Waals surface area contributed by atoms with Crippen molar-refractivity contribution in [1.29, 1.82) is 0 Å². The maximum Gasteiger partial charge on any atom is 0.321 e. The molecule has 0 spiro atoms. The first-order chi connectivity index (χ1) is 4.30. The maximum absolute atomic E-state index is 10.4. The summed E-state index contributed by atoms with van der Waals surface area (Å²) in [6.45, 7) is 0.520. The SMILES string of the molecule is O=C(Cl)N1C=NC=CC1. The van der Waals surface area contributed by atoms with Crippen molar-refractivity contribution in [1.82, 2.24) is 4.90 Å². The monoisotopic (exact) mass is 144 g/mol. The van der Waals surface area contributed by atoms with Crippen LogP contribution in [0.15, 0.2) is 17.3 Å². The molecule has 0 aromatic heterocycles. The highest BCUT2D eigenvalue weighted by molar-refractivity contribution is 6.63. The fourth-order valence-electron chi connectivity index (χ4n) is 0.505. The largest absolute Gasteiger partial charge is 0.321 e. The second kappa shape index (κ2) is 2.64. The minimum absolute atomic E-state index is 0.497. The molecule has 1 amide bonds. The third-order valence-electron chi connectivity index (χ3n) is 0.925. The van der Waals surface area contributed by atoms with E-state index in [0.29, 0.717) is 6.54 Å². The van der Waals surface area contributed by atoms with Gasteiger partial charge in [-0.2, -0.15) is 0 Å². The molecule has 0 saturated carbocycles. The van der Waals surface area contributed by atoms with Crippen LogP contribution in [0.1, 0.15) is 0 Å². The molecule has 9 heavy (non-hydrogen) atoms. The summed E-state index contributed by atoms with van der Waals surface area (Å²) in [7, 11) is 0. The molecule has 0 N–H and O–H groups in total. The Morgan fingerprint density at radius 3 is 2.89 bits per heavy atom. The highest BCUT2D eigenvalue weighted by Crippen LogP contribution is 1.97. The third kappa shape index (κ3) is 1.54. The van der Waals surface area contributed by atoms with Crippen molar-refractivity contribution < 1.29 is 4.79 Å². The Morgan fingerprint density at radius 2 is 2.56 bits per heavy atom. The van der Waals surface area contributed by atoms with Crippen molar-refractivity contribution in [3.63, 3.8) is 0 Å². The molecule has 0 saturated heterocycles. The van der Waals surface area contributed by atoms with E-state index in [1.807, 2.05) is 0 Å². The van der Waals surface area contributed by atoms with E-state index in [9.17, 15) is 4.79 Å².